The van der Waals surface area contributed by atoms with Crippen molar-refractivity contribution in [1.29, 1.82) is 5.41 Å². The van der Waals surface area contributed by atoms with Gasteiger partial charge >= 0.3 is 5.63 Å². The predicted octanol–water partition coefficient (Wildman–Crippen LogP) is 3.14. The first-order valence-corrected chi connectivity index (χ1v) is 9.58. The number of amides is 1. The molecule has 4 aromatic rings. The average Bonchev–Trinajstić information content (AvgIpc) is 2.76. The van der Waals surface area contributed by atoms with Gasteiger partial charge in [-0.2, -0.15) is 0 Å². The summed E-state index contributed by atoms with van der Waals surface area (Å²) in [6.45, 7) is 2.22. The molecule has 2 aromatic heterocycles. The van der Waals surface area contributed by atoms with Gasteiger partial charge in [-0.3, -0.25) is 10.2 Å². The number of carbonyl (C=O) groups excluding carboxylic acids is 1. The van der Waals surface area contributed by atoms with E-state index < -0.39 is 11.5 Å². The summed E-state index contributed by atoms with van der Waals surface area (Å²) in [6, 6.07) is 13.6. The fraction of sp³-hybridized carbons (Fsp3) is 0.174. The fourth-order valence-corrected chi connectivity index (χ4v) is 3.31. The van der Waals surface area contributed by atoms with Gasteiger partial charge in [-0.15, -0.1) is 0 Å². The number of carbonyl (C=O) groups is 1. The van der Waals surface area contributed by atoms with Gasteiger partial charge in [-0.05, 0) is 42.8 Å². The topological polar surface area (TPSA) is 115 Å². The van der Waals surface area contributed by atoms with Crippen molar-refractivity contribution in [2.24, 2.45) is 0 Å². The highest BCUT2D eigenvalue weighted by Crippen LogP contribution is 2.27. The minimum atomic E-state index is -0.494. The number of ether oxygens (including phenoxy) is 2. The SMILES string of the molecule is COc1ccccc1OCCNC(=O)c1cc2c(ccc3c(C)cc(=O)oc32)oc1=N. The Hall–Kier alpha value is -4.07. The van der Waals surface area contributed by atoms with Crippen molar-refractivity contribution in [2.45, 2.75) is 6.92 Å². The molecule has 31 heavy (non-hydrogen) atoms. The van der Waals surface area contributed by atoms with Crippen LogP contribution in [0, 0.1) is 12.3 Å². The molecule has 0 saturated carbocycles. The van der Waals surface area contributed by atoms with Crippen LogP contribution in [0.2, 0.25) is 0 Å². The van der Waals surface area contributed by atoms with E-state index in [4.69, 9.17) is 23.7 Å². The summed E-state index contributed by atoms with van der Waals surface area (Å²) < 4.78 is 21.7. The number of aryl methyl sites for hydroxylation is 1. The first kappa shape index (κ1) is 20.2. The van der Waals surface area contributed by atoms with Gasteiger partial charge in [0.15, 0.2) is 11.5 Å². The number of nitrogens with one attached hydrogen (secondary N) is 2. The molecular weight excluding hydrogens is 400 g/mol. The summed E-state index contributed by atoms with van der Waals surface area (Å²) in [5.41, 5.74) is 0.670. The van der Waals surface area contributed by atoms with Crippen molar-refractivity contribution in [1.82, 2.24) is 5.32 Å². The van der Waals surface area contributed by atoms with E-state index in [2.05, 4.69) is 5.32 Å². The molecule has 0 aliphatic rings. The second-order valence-corrected chi connectivity index (χ2v) is 6.85. The molecule has 2 aromatic carbocycles. The smallest absolute Gasteiger partial charge is 0.336 e. The van der Waals surface area contributed by atoms with E-state index >= 15 is 0 Å². The number of benzene rings is 2. The van der Waals surface area contributed by atoms with Gasteiger partial charge in [0.1, 0.15) is 23.3 Å². The lowest BCUT2D eigenvalue weighted by Gasteiger charge is -2.11. The standard InChI is InChI=1S/C23H20N2O6/c1-13-11-20(26)31-21-14(13)7-8-17-15(21)12-16(22(24)30-17)23(27)25-9-10-29-19-6-4-3-5-18(19)28-2/h3-8,11-12,24H,9-10H2,1-2H3,(H,25,27). The third-order valence-corrected chi connectivity index (χ3v) is 4.82. The normalized spacial score (nSPS) is 10.9. The van der Waals surface area contributed by atoms with Crippen LogP contribution in [0.3, 0.4) is 0 Å². The Bertz CT molecular complexity index is 1400. The highest BCUT2D eigenvalue weighted by Gasteiger charge is 2.15. The van der Waals surface area contributed by atoms with Crippen LogP contribution in [-0.2, 0) is 0 Å². The van der Waals surface area contributed by atoms with Crippen molar-refractivity contribution in [3.63, 3.8) is 0 Å². The van der Waals surface area contributed by atoms with Crippen LogP contribution in [0.15, 0.2) is 62.2 Å². The van der Waals surface area contributed by atoms with Gasteiger partial charge in [0.05, 0.1) is 19.0 Å². The van der Waals surface area contributed by atoms with E-state index in [1.54, 1.807) is 38.3 Å². The van der Waals surface area contributed by atoms with Crippen molar-refractivity contribution in [2.75, 3.05) is 20.3 Å². The highest BCUT2D eigenvalue weighted by atomic mass is 16.5. The van der Waals surface area contributed by atoms with E-state index in [9.17, 15) is 9.59 Å². The number of hydrogen-bond donors (Lipinski definition) is 2. The third kappa shape index (κ3) is 4.00. The number of para-hydroxylation sites is 2. The summed E-state index contributed by atoms with van der Waals surface area (Å²) in [5, 5.41) is 12.0. The monoisotopic (exact) mass is 420 g/mol. The molecular formula is C23H20N2O6. The van der Waals surface area contributed by atoms with Gasteiger partial charge in [-0.1, -0.05) is 12.1 Å². The van der Waals surface area contributed by atoms with Gasteiger partial charge in [-0.25, -0.2) is 4.79 Å². The average molecular weight is 420 g/mol. The van der Waals surface area contributed by atoms with Crippen LogP contribution < -0.4 is 26.0 Å². The summed E-state index contributed by atoms with van der Waals surface area (Å²) in [4.78, 5) is 24.5. The molecule has 2 heterocycles. The molecule has 0 atom stereocenters. The molecule has 8 nitrogen and oxygen atoms in total. The molecule has 1 amide bonds. The maximum absolute atomic E-state index is 12.6. The number of methoxy groups -OCH3 is 1. The molecule has 8 heteroatoms. The van der Waals surface area contributed by atoms with Crippen molar-refractivity contribution >= 4 is 27.8 Å². The second-order valence-electron chi connectivity index (χ2n) is 6.85. The van der Waals surface area contributed by atoms with E-state index in [1.807, 2.05) is 12.1 Å². The van der Waals surface area contributed by atoms with Gasteiger partial charge in [0.25, 0.3) is 5.91 Å². The summed E-state index contributed by atoms with van der Waals surface area (Å²) in [5.74, 6) is 0.670. The molecule has 4 rings (SSSR count). The predicted molar refractivity (Wildman–Crippen MR) is 114 cm³/mol. The van der Waals surface area contributed by atoms with Crippen LogP contribution in [0.5, 0.6) is 11.5 Å². The summed E-state index contributed by atoms with van der Waals surface area (Å²) >= 11 is 0. The minimum Gasteiger partial charge on any atom is -0.493 e. The number of hydrogen-bond acceptors (Lipinski definition) is 7. The van der Waals surface area contributed by atoms with E-state index in [0.717, 1.165) is 10.9 Å². The zero-order valence-corrected chi connectivity index (χ0v) is 17.0. The molecule has 2 N–H and O–H groups in total. The molecule has 158 valence electrons. The molecule has 0 unspecified atom stereocenters. The number of rotatable bonds is 6. The van der Waals surface area contributed by atoms with Crippen molar-refractivity contribution in [3.05, 3.63) is 75.6 Å². The molecule has 0 aliphatic carbocycles. The van der Waals surface area contributed by atoms with Crippen LogP contribution in [0.4, 0.5) is 0 Å². The van der Waals surface area contributed by atoms with Gasteiger partial charge < -0.3 is 23.6 Å². The fourth-order valence-electron chi connectivity index (χ4n) is 3.31. The maximum atomic E-state index is 12.6. The highest BCUT2D eigenvalue weighted by molar-refractivity contribution is 6.05. The Morgan fingerprint density at radius 1 is 1.06 bits per heavy atom. The van der Waals surface area contributed by atoms with Crippen LogP contribution in [0.1, 0.15) is 15.9 Å². The Labute approximate surface area is 176 Å². The van der Waals surface area contributed by atoms with Gasteiger partial charge in [0.2, 0.25) is 5.55 Å². The largest absolute Gasteiger partial charge is 0.493 e. The van der Waals surface area contributed by atoms with Crippen LogP contribution in [-0.4, -0.2) is 26.2 Å². The second kappa shape index (κ2) is 8.35. The minimum absolute atomic E-state index is 0.0291. The molecule has 0 spiro atoms. The third-order valence-electron chi connectivity index (χ3n) is 4.82. The first-order valence-electron chi connectivity index (χ1n) is 9.58. The van der Waals surface area contributed by atoms with Crippen LogP contribution in [0.25, 0.3) is 21.9 Å². The molecule has 0 saturated heterocycles. The Kier molecular flexibility index (Phi) is 5.44. The lowest BCUT2D eigenvalue weighted by atomic mass is 10.1. The van der Waals surface area contributed by atoms with E-state index in [0.29, 0.717) is 28.1 Å². The molecule has 0 aliphatic heterocycles. The van der Waals surface area contributed by atoms with E-state index in [1.165, 1.54) is 12.1 Å². The zero-order valence-electron chi connectivity index (χ0n) is 17.0. The lowest BCUT2D eigenvalue weighted by Crippen LogP contribution is -2.31. The maximum Gasteiger partial charge on any atom is 0.336 e. The Morgan fingerprint density at radius 3 is 2.61 bits per heavy atom. The van der Waals surface area contributed by atoms with Crippen molar-refractivity contribution in [3.8, 4) is 11.5 Å². The summed E-state index contributed by atoms with van der Waals surface area (Å²) in [6.07, 6.45) is 0. The molecule has 0 fully saturated rings. The first-order chi connectivity index (χ1) is 15.0. The molecule has 0 radical (unpaired) electrons. The quantitative estimate of drug-likeness (QED) is 0.281. The zero-order chi connectivity index (χ0) is 22.0. The number of fused-ring (bicyclic) bond motifs is 3. The summed E-state index contributed by atoms with van der Waals surface area (Å²) in [7, 11) is 1.55. The Morgan fingerprint density at radius 2 is 1.84 bits per heavy atom. The molecule has 0 bridgehead atoms. The van der Waals surface area contributed by atoms with Crippen molar-refractivity contribution < 1.29 is 23.1 Å². The lowest BCUT2D eigenvalue weighted by molar-refractivity contribution is 0.0942. The van der Waals surface area contributed by atoms with Gasteiger partial charge in [0, 0.05) is 11.5 Å². The van der Waals surface area contributed by atoms with Crippen LogP contribution >= 0.6 is 0 Å². The Balaban J connectivity index is 1.56. The van der Waals surface area contributed by atoms with E-state index in [-0.39, 0.29) is 24.3 Å².